The van der Waals surface area contributed by atoms with Crippen molar-refractivity contribution in [2.24, 2.45) is 0 Å². The molecule has 1 aliphatic rings. The lowest BCUT2D eigenvalue weighted by Crippen LogP contribution is -2.25. The molecule has 0 atom stereocenters. The number of aromatic amines is 1. The van der Waals surface area contributed by atoms with Gasteiger partial charge >= 0.3 is 6.18 Å². The maximum absolute atomic E-state index is 12.8. The average molecular weight is 423 g/mol. The summed E-state index contributed by atoms with van der Waals surface area (Å²) in [5, 5.41) is 1.17. The Morgan fingerprint density at radius 1 is 0.968 bits per heavy atom. The zero-order valence-electron chi connectivity index (χ0n) is 16.8. The molecule has 158 valence electrons. The molecule has 0 spiro atoms. The predicted molar refractivity (Wildman–Crippen MR) is 114 cm³/mol. The molecule has 1 N–H and O–H groups in total. The quantitative estimate of drug-likeness (QED) is 0.493. The molecule has 2 aromatic carbocycles. The van der Waals surface area contributed by atoms with E-state index in [9.17, 15) is 18.0 Å². The number of pyridine rings is 1. The summed E-state index contributed by atoms with van der Waals surface area (Å²) >= 11 is 0. The van der Waals surface area contributed by atoms with Gasteiger partial charge < -0.3 is 9.88 Å². The summed E-state index contributed by atoms with van der Waals surface area (Å²) in [5.74, 6) is 0. The van der Waals surface area contributed by atoms with Gasteiger partial charge in [0.05, 0.1) is 11.3 Å². The van der Waals surface area contributed by atoms with Crippen molar-refractivity contribution in [1.29, 1.82) is 0 Å². The lowest BCUT2D eigenvalue weighted by atomic mass is 10.0. The molecule has 0 unspecified atom stereocenters. The molecular formula is C24H20F3N3O. The first-order valence-electron chi connectivity index (χ1n) is 10.0. The van der Waals surface area contributed by atoms with E-state index in [2.05, 4.69) is 16.9 Å². The molecule has 0 aliphatic carbocycles. The number of nitrogens with one attached hydrogen (secondary N) is 1. The number of alkyl halides is 3. The van der Waals surface area contributed by atoms with Crippen LogP contribution in [0, 0.1) is 0 Å². The third-order valence-electron chi connectivity index (χ3n) is 5.89. The van der Waals surface area contributed by atoms with E-state index in [0.29, 0.717) is 11.1 Å². The van der Waals surface area contributed by atoms with Crippen molar-refractivity contribution in [2.75, 3.05) is 13.6 Å². The van der Waals surface area contributed by atoms with Crippen molar-refractivity contribution in [3.63, 3.8) is 0 Å². The van der Waals surface area contributed by atoms with Gasteiger partial charge in [-0.1, -0.05) is 18.2 Å². The first-order chi connectivity index (χ1) is 14.8. The molecule has 4 nitrogen and oxygen atoms in total. The third-order valence-corrected chi connectivity index (χ3v) is 5.89. The zero-order chi connectivity index (χ0) is 21.8. The Balaban J connectivity index is 1.49. The van der Waals surface area contributed by atoms with E-state index < -0.39 is 11.7 Å². The highest BCUT2D eigenvalue weighted by Crippen LogP contribution is 2.31. The van der Waals surface area contributed by atoms with Gasteiger partial charge in [0.2, 0.25) is 0 Å². The number of halogens is 3. The molecule has 5 rings (SSSR count). The lowest BCUT2D eigenvalue weighted by molar-refractivity contribution is -0.137. The Morgan fingerprint density at radius 3 is 2.45 bits per heavy atom. The zero-order valence-corrected chi connectivity index (χ0v) is 16.8. The largest absolute Gasteiger partial charge is 0.416 e. The van der Waals surface area contributed by atoms with Crippen molar-refractivity contribution in [2.45, 2.75) is 19.1 Å². The van der Waals surface area contributed by atoms with Crippen molar-refractivity contribution in [1.82, 2.24) is 14.5 Å². The normalized spacial score (nSPS) is 14.7. The van der Waals surface area contributed by atoms with E-state index in [0.717, 1.165) is 42.8 Å². The second-order valence-electron chi connectivity index (χ2n) is 8.00. The minimum Gasteiger partial charge on any atom is -0.358 e. The van der Waals surface area contributed by atoms with Gasteiger partial charge in [-0.15, -0.1) is 0 Å². The van der Waals surface area contributed by atoms with Crippen LogP contribution in [-0.2, 0) is 19.1 Å². The van der Waals surface area contributed by atoms with Crippen LogP contribution in [0.1, 0.15) is 16.8 Å². The van der Waals surface area contributed by atoms with Gasteiger partial charge in [0.15, 0.2) is 0 Å². The minimum atomic E-state index is -4.38. The van der Waals surface area contributed by atoms with Crippen molar-refractivity contribution >= 4 is 10.9 Å². The summed E-state index contributed by atoms with van der Waals surface area (Å²) in [5.41, 5.74) is 4.48. The van der Waals surface area contributed by atoms with Crippen LogP contribution in [0.15, 0.2) is 65.6 Å². The molecule has 3 heterocycles. The van der Waals surface area contributed by atoms with Crippen LogP contribution in [0.4, 0.5) is 13.2 Å². The van der Waals surface area contributed by atoms with Crippen LogP contribution >= 0.6 is 0 Å². The number of rotatable bonds is 2. The molecule has 4 aromatic rings. The molecule has 0 radical (unpaired) electrons. The Hall–Kier alpha value is -3.32. The molecule has 0 saturated carbocycles. The summed E-state index contributed by atoms with van der Waals surface area (Å²) in [6, 6.07) is 13.9. The summed E-state index contributed by atoms with van der Waals surface area (Å²) < 4.78 is 39.9. The summed E-state index contributed by atoms with van der Waals surface area (Å²) in [4.78, 5) is 18.6. The monoisotopic (exact) mass is 423 g/mol. The molecule has 0 amide bonds. The van der Waals surface area contributed by atoms with Gasteiger partial charge in [0.25, 0.3) is 5.56 Å². The molecule has 0 fully saturated rings. The SMILES string of the molecule is CN1CCc2[nH]c3cc(-n4ccc(-c5ccc(C(F)(F)F)cc5)cc4=O)ccc3c2C1. The smallest absolute Gasteiger partial charge is 0.358 e. The number of hydrogen-bond donors (Lipinski definition) is 1. The average Bonchev–Trinajstić information content (AvgIpc) is 3.10. The topological polar surface area (TPSA) is 41.0 Å². The van der Waals surface area contributed by atoms with Gasteiger partial charge in [-0.3, -0.25) is 9.36 Å². The summed E-state index contributed by atoms with van der Waals surface area (Å²) in [7, 11) is 2.11. The van der Waals surface area contributed by atoms with Crippen molar-refractivity contribution < 1.29 is 13.2 Å². The van der Waals surface area contributed by atoms with E-state index in [1.165, 1.54) is 34.8 Å². The van der Waals surface area contributed by atoms with Crippen LogP contribution < -0.4 is 5.56 Å². The third kappa shape index (κ3) is 3.55. The van der Waals surface area contributed by atoms with Crippen LogP contribution in [0.5, 0.6) is 0 Å². The number of likely N-dealkylation sites (N-methyl/N-ethyl adjacent to an activating group) is 1. The van der Waals surface area contributed by atoms with Gasteiger partial charge in [-0.05, 0) is 54.1 Å². The maximum Gasteiger partial charge on any atom is 0.416 e. The number of H-pyrrole nitrogens is 1. The maximum atomic E-state index is 12.8. The minimum absolute atomic E-state index is 0.243. The van der Waals surface area contributed by atoms with Crippen molar-refractivity contribution in [3.8, 4) is 16.8 Å². The first-order valence-corrected chi connectivity index (χ1v) is 10.0. The van der Waals surface area contributed by atoms with E-state index in [1.54, 1.807) is 16.8 Å². The highest BCUT2D eigenvalue weighted by atomic mass is 19.4. The molecule has 0 bridgehead atoms. The molecule has 7 heteroatoms. The fraction of sp³-hybridized carbons (Fsp3) is 0.208. The van der Waals surface area contributed by atoms with E-state index in [1.807, 2.05) is 18.2 Å². The Labute approximate surface area is 176 Å². The summed E-state index contributed by atoms with van der Waals surface area (Å²) in [6.45, 7) is 1.91. The molecular weight excluding hydrogens is 403 g/mol. The highest BCUT2D eigenvalue weighted by Gasteiger charge is 2.30. The fourth-order valence-corrected chi connectivity index (χ4v) is 4.22. The van der Waals surface area contributed by atoms with Gasteiger partial charge in [0, 0.05) is 48.4 Å². The second-order valence-corrected chi connectivity index (χ2v) is 8.00. The lowest BCUT2D eigenvalue weighted by Gasteiger charge is -2.22. The van der Waals surface area contributed by atoms with Gasteiger partial charge in [-0.25, -0.2) is 0 Å². The Kier molecular flexibility index (Phi) is 4.51. The van der Waals surface area contributed by atoms with E-state index in [-0.39, 0.29) is 5.56 Å². The van der Waals surface area contributed by atoms with Crippen LogP contribution in [-0.4, -0.2) is 28.0 Å². The van der Waals surface area contributed by atoms with Crippen molar-refractivity contribution in [3.05, 3.63) is 88.0 Å². The fourth-order valence-electron chi connectivity index (χ4n) is 4.22. The number of hydrogen-bond acceptors (Lipinski definition) is 2. The number of fused-ring (bicyclic) bond motifs is 3. The van der Waals surface area contributed by atoms with Crippen LogP contribution in [0.25, 0.3) is 27.7 Å². The molecule has 2 aromatic heterocycles. The highest BCUT2D eigenvalue weighted by molar-refractivity contribution is 5.86. The summed E-state index contributed by atoms with van der Waals surface area (Å²) in [6.07, 6.45) is -1.75. The second kappa shape index (κ2) is 7.13. The molecule has 0 saturated heterocycles. The van der Waals surface area contributed by atoms with Gasteiger partial charge in [-0.2, -0.15) is 13.2 Å². The van der Waals surface area contributed by atoms with E-state index in [4.69, 9.17) is 0 Å². The number of benzene rings is 2. The number of aromatic nitrogens is 2. The van der Waals surface area contributed by atoms with Crippen LogP contribution in [0.2, 0.25) is 0 Å². The first kappa shape index (κ1) is 19.6. The molecule has 31 heavy (non-hydrogen) atoms. The predicted octanol–water partition coefficient (Wildman–Crippen LogP) is 4.99. The molecule has 1 aliphatic heterocycles. The van der Waals surface area contributed by atoms with Crippen LogP contribution in [0.3, 0.4) is 0 Å². The Morgan fingerprint density at radius 2 is 1.74 bits per heavy atom. The Bertz CT molecular complexity index is 1330. The standard InChI is InChI=1S/C24H20F3N3O/c1-29-10-9-21-20(14-29)19-7-6-18(13-22(19)28-21)30-11-8-16(12-23(30)31)15-2-4-17(5-3-15)24(25,26)27/h2-8,11-13,28H,9-10,14H2,1H3. The number of nitrogens with zero attached hydrogens (tertiary/aromatic N) is 2. The van der Waals surface area contributed by atoms with E-state index >= 15 is 0 Å². The van der Waals surface area contributed by atoms with Gasteiger partial charge in [0.1, 0.15) is 0 Å².